The Balaban J connectivity index is 1.16. The number of aromatic amines is 1. The van der Waals surface area contributed by atoms with Crippen LogP contribution in [0.4, 0.5) is 0 Å². The number of H-pyrrole nitrogens is 1. The van der Waals surface area contributed by atoms with Crippen LogP contribution in [0.2, 0.25) is 0 Å². The van der Waals surface area contributed by atoms with Gasteiger partial charge < -0.3 is 4.98 Å². The van der Waals surface area contributed by atoms with Gasteiger partial charge in [0, 0.05) is 21.9 Å². The summed E-state index contributed by atoms with van der Waals surface area (Å²) < 4.78 is 0. The number of para-hydroxylation sites is 1. The smallest absolute Gasteiger partial charge is 0.0545 e. The monoisotopic (exact) mass is 637 g/mol. The molecule has 0 aliphatic carbocycles. The number of rotatable bonds is 6. The zero-order valence-electron chi connectivity index (χ0n) is 27.9. The minimum atomic E-state index is 1.16. The summed E-state index contributed by atoms with van der Waals surface area (Å²) in [6.07, 6.45) is 0. The summed E-state index contributed by atoms with van der Waals surface area (Å²) in [5.41, 5.74) is 18.2. The maximum absolute atomic E-state index is 3.74. The molecule has 8 aromatic carbocycles. The Morgan fingerprint density at radius 3 is 1.34 bits per heavy atom. The first-order valence-corrected chi connectivity index (χ1v) is 17.3. The van der Waals surface area contributed by atoms with E-state index >= 15 is 0 Å². The van der Waals surface area contributed by atoms with Gasteiger partial charge in [0.2, 0.25) is 0 Å². The first-order chi connectivity index (χ1) is 24.7. The third-order valence-corrected chi connectivity index (χ3v) is 9.92. The van der Waals surface area contributed by atoms with Crippen LogP contribution in [0, 0.1) is 6.92 Å². The number of nitrogens with one attached hydrogen (secondary N) is 1. The van der Waals surface area contributed by atoms with Gasteiger partial charge >= 0.3 is 0 Å². The lowest BCUT2D eigenvalue weighted by Gasteiger charge is -2.13. The van der Waals surface area contributed by atoms with E-state index in [1.54, 1.807) is 0 Å². The molecule has 1 heterocycles. The van der Waals surface area contributed by atoms with Crippen LogP contribution >= 0.6 is 0 Å². The minimum absolute atomic E-state index is 1.16. The van der Waals surface area contributed by atoms with Gasteiger partial charge in [-0.25, -0.2) is 0 Å². The van der Waals surface area contributed by atoms with Crippen molar-refractivity contribution in [2.75, 3.05) is 0 Å². The van der Waals surface area contributed by atoms with Crippen molar-refractivity contribution in [2.24, 2.45) is 0 Å². The molecule has 1 aromatic heterocycles. The molecule has 1 heteroatoms. The van der Waals surface area contributed by atoms with Gasteiger partial charge in [-0.05, 0) is 122 Å². The van der Waals surface area contributed by atoms with Crippen LogP contribution in [0.25, 0.3) is 88.6 Å². The van der Waals surface area contributed by atoms with Crippen LogP contribution in [-0.4, -0.2) is 4.98 Å². The Labute approximate surface area is 293 Å². The molecule has 50 heavy (non-hydrogen) atoms. The highest BCUT2D eigenvalue weighted by Gasteiger charge is 2.15. The second-order valence-corrected chi connectivity index (χ2v) is 13.1. The largest absolute Gasteiger partial charge is 0.354 e. The van der Waals surface area contributed by atoms with Crippen molar-refractivity contribution in [3.63, 3.8) is 0 Å². The predicted molar refractivity (Wildman–Crippen MR) is 213 cm³/mol. The molecule has 0 aliphatic rings. The highest BCUT2D eigenvalue weighted by atomic mass is 14.7. The highest BCUT2D eigenvalue weighted by molar-refractivity contribution is 6.13. The summed E-state index contributed by atoms with van der Waals surface area (Å²) in [5, 5.41) is 2.49. The molecule has 0 fully saturated rings. The van der Waals surface area contributed by atoms with Crippen molar-refractivity contribution >= 4 is 21.8 Å². The Hall–Kier alpha value is -6.44. The molecule has 236 valence electrons. The SMILES string of the molecule is Cc1ccccc1-c1cc(-c2cccc(-c3cccc(-c4cc(-c5ccccc5)cc(-c5ccccc5)c4)c3)c2)cc2c1[nH]c1ccccc12. The van der Waals surface area contributed by atoms with E-state index in [9.17, 15) is 0 Å². The summed E-state index contributed by atoms with van der Waals surface area (Å²) >= 11 is 0. The number of hydrogen-bond acceptors (Lipinski definition) is 0. The number of fused-ring (bicyclic) bond motifs is 3. The Kier molecular flexibility index (Phi) is 7.44. The molecule has 0 bridgehead atoms. The molecular formula is C49H35N. The van der Waals surface area contributed by atoms with Crippen molar-refractivity contribution in [2.45, 2.75) is 6.92 Å². The van der Waals surface area contributed by atoms with Crippen LogP contribution in [0.1, 0.15) is 5.56 Å². The van der Waals surface area contributed by atoms with Gasteiger partial charge in [-0.2, -0.15) is 0 Å². The Morgan fingerprint density at radius 2 is 0.740 bits per heavy atom. The fraction of sp³-hybridized carbons (Fsp3) is 0.0204. The highest BCUT2D eigenvalue weighted by Crippen LogP contribution is 2.40. The fourth-order valence-electron chi connectivity index (χ4n) is 7.35. The number of benzene rings is 8. The van der Waals surface area contributed by atoms with E-state index in [2.05, 4.69) is 200 Å². The van der Waals surface area contributed by atoms with E-state index in [-0.39, 0.29) is 0 Å². The van der Waals surface area contributed by atoms with E-state index in [0.29, 0.717) is 0 Å². The zero-order valence-corrected chi connectivity index (χ0v) is 27.9. The van der Waals surface area contributed by atoms with Crippen molar-refractivity contribution in [3.8, 4) is 66.8 Å². The van der Waals surface area contributed by atoms with Gasteiger partial charge in [0.1, 0.15) is 0 Å². The molecule has 0 saturated heterocycles. The molecule has 0 aliphatic heterocycles. The standard InChI is InChI=1S/C49H35N/c1-33-14-8-9-23-44(33)46-31-43(32-47-45-24-10-11-25-48(45)50-49(46)47)39-22-13-20-37(27-39)36-19-12-21-38(26-36)42-29-40(34-15-4-2-5-16-34)28-41(30-42)35-17-6-3-7-18-35/h2-32,50H,1H3. The molecule has 0 amide bonds. The van der Waals surface area contributed by atoms with Gasteiger partial charge in [-0.15, -0.1) is 0 Å². The van der Waals surface area contributed by atoms with E-state index in [0.717, 1.165) is 5.52 Å². The summed E-state index contributed by atoms with van der Waals surface area (Å²) in [6, 6.07) is 68.2. The topological polar surface area (TPSA) is 15.8 Å². The van der Waals surface area contributed by atoms with Crippen molar-refractivity contribution < 1.29 is 0 Å². The van der Waals surface area contributed by atoms with Crippen LogP contribution in [0.3, 0.4) is 0 Å². The minimum Gasteiger partial charge on any atom is -0.354 e. The molecule has 0 unspecified atom stereocenters. The van der Waals surface area contributed by atoms with Gasteiger partial charge in [-0.1, -0.05) is 140 Å². The van der Waals surface area contributed by atoms with Crippen LogP contribution < -0.4 is 0 Å². The molecule has 0 spiro atoms. The fourth-order valence-corrected chi connectivity index (χ4v) is 7.35. The summed E-state index contributed by atoms with van der Waals surface area (Å²) in [5.74, 6) is 0. The van der Waals surface area contributed by atoms with Crippen molar-refractivity contribution in [1.82, 2.24) is 4.98 Å². The number of aromatic nitrogens is 1. The van der Waals surface area contributed by atoms with Crippen LogP contribution in [0.15, 0.2) is 188 Å². The second-order valence-electron chi connectivity index (χ2n) is 13.1. The quantitative estimate of drug-likeness (QED) is 0.187. The average molecular weight is 638 g/mol. The van der Waals surface area contributed by atoms with Crippen molar-refractivity contribution in [1.29, 1.82) is 0 Å². The predicted octanol–water partition coefficient (Wildman–Crippen LogP) is 13.6. The normalized spacial score (nSPS) is 11.3. The summed E-state index contributed by atoms with van der Waals surface area (Å²) in [4.78, 5) is 3.74. The Morgan fingerprint density at radius 1 is 0.300 bits per heavy atom. The lowest BCUT2D eigenvalue weighted by atomic mass is 9.91. The first-order valence-electron chi connectivity index (χ1n) is 17.3. The van der Waals surface area contributed by atoms with E-state index in [1.807, 2.05) is 0 Å². The molecule has 1 N–H and O–H groups in total. The lowest BCUT2D eigenvalue weighted by Crippen LogP contribution is -1.88. The van der Waals surface area contributed by atoms with E-state index in [1.165, 1.54) is 88.6 Å². The molecule has 9 aromatic rings. The van der Waals surface area contributed by atoms with Gasteiger partial charge in [0.05, 0.1) is 5.52 Å². The molecule has 0 saturated carbocycles. The number of aryl methyl sites for hydroxylation is 1. The maximum Gasteiger partial charge on any atom is 0.0545 e. The van der Waals surface area contributed by atoms with E-state index in [4.69, 9.17) is 0 Å². The third kappa shape index (κ3) is 5.49. The average Bonchev–Trinajstić information content (AvgIpc) is 3.57. The molecule has 9 rings (SSSR count). The molecule has 0 atom stereocenters. The van der Waals surface area contributed by atoms with Gasteiger partial charge in [0.15, 0.2) is 0 Å². The Bertz CT molecular complexity index is 2590. The molecule has 0 radical (unpaired) electrons. The van der Waals surface area contributed by atoms with Crippen LogP contribution in [-0.2, 0) is 0 Å². The maximum atomic E-state index is 3.74. The number of hydrogen-bond donors (Lipinski definition) is 1. The first kappa shape index (κ1) is 29.7. The van der Waals surface area contributed by atoms with Gasteiger partial charge in [-0.3, -0.25) is 0 Å². The van der Waals surface area contributed by atoms with E-state index < -0.39 is 0 Å². The second kappa shape index (κ2) is 12.5. The van der Waals surface area contributed by atoms with Crippen LogP contribution in [0.5, 0.6) is 0 Å². The van der Waals surface area contributed by atoms with Crippen molar-refractivity contribution in [3.05, 3.63) is 194 Å². The molecular weight excluding hydrogens is 603 g/mol. The molecule has 1 nitrogen and oxygen atoms in total. The zero-order chi connectivity index (χ0) is 33.4. The summed E-state index contributed by atoms with van der Waals surface area (Å²) in [7, 11) is 0. The summed E-state index contributed by atoms with van der Waals surface area (Å²) in [6.45, 7) is 2.20. The third-order valence-electron chi connectivity index (χ3n) is 9.92. The lowest BCUT2D eigenvalue weighted by molar-refractivity contribution is 1.45. The van der Waals surface area contributed by atoms with Gasteiger partial charge in [0.25, 0.3) is 0 Å².